The zero-order chi connectivity index (χ0) is 63.3. The topological polar surface area (TPSA) is 108 Å². The maximum Gasteiger partial charge on any atom is 0.361 e. The van der Waals surface area contributed by atoms with Gasteiger partial charge in [0.2, 0.25) is 0 Å². The number of rotatable bonds is 68. The van der Waals surface area contributed by atoms with Crippen LogP contribution in [0.1, 0.15) is 335 Å². The summed E-state index contributed by atoms with van der Waals surface area (Å²) in [6.45, 7) is 4.79. The number of likely N-dealkylation sites (N-methyl/N-ethyl adjacent to an activating group) is 1. The molecule has 0 bridgehead atoms. The number of carboxylic acid groups (broad SMARTS) is 1. The van der Waals surface area contributed by atoms with Gasteiger partial charge in [0.25, 0.3) is 6.29 Å². The summed E-state index contributed by atoms with van der Waals surface area (Å²) in [7, 11) is 5.99. The third kappa shape index (κ3) is 69.8. The van der Waals surface area contributed by atoms with E-state index in [2.05, 4.69) is 98.9 Å². The van der Waals surface area contributed by atoms with Crippen molar-refractivity contribution in [3.8, 4) is 0 Å². The molecule has 0 aliphatic carbocycles. The number of esters is 2. The fourth-order valence-corrected chi connectivity index (χ4v) is 10.5. The monoisotopic (exact) mass is 1220 g/mol. The van der Waals surface area contributed by atoms with Crippen molar-refractivity contribution >= 4 is 17.9 Å². The summed E-state index contributed by atoms with van der Waals surface area (Å²) in [4.78, 5) is 37.7. The van der Waals surface area contributed by atoms with E-state index in [1.165, 1.54) is 231 Å². The molecule has 0 rings (SSSR count). The van der Waals surface area contributed by atoms with Crippen LogP contribution in [0.15, 0.2) is 85.1 Å². The number of quaternary nitrogens is 1. The molecule has 0 spiro atoms. The van der Waals surface area contributed by atoms with E-state index in [1.54, 1.807) is 0 Å². The first-order chi connectivity index (χ1) is 42.6. The van der Waals surface area contributed by atoms with Crippen molar-refractivity contribution in [2.45, 2.75) is 347 Å². The highest BCUT2D eigenvalue weighted by Crippen LogP contribution is 2.18. The van der Waals surface area contributed by atoms with Crippen LogP contribution in [0, 0.1) is 0 Å². The molecule has 0 aromatic heterocycles. The Balaban J connectivity index is 4.05. The number of hydrogen-bond donors (Lipinski definition) is 1. The van der Waals surface area contributed by atoms with Crippen LogP contribution in [0.3, 0.4) is 0 Å². The smallest absolute Gasteiger partial charge is 0.361 e. The minimum absolute atomic E-state index is 0.182. The van der Waals surface area contributed by atoms with Gasteiger partial charge in [0.05, 0.1) is 34.4 Å². The number of aliphatic carboxylic acids is 1. The molecule has 1 N–H and O–H groups in total. The molecule has 0 radical (unpaired) electrons. The van der Waals surface area contributed by atoms with Crippen molar-refractivity contribution in [3.05, 3.63) is 85.1 Å². The van der Waals surface area contributed by atoms with E-state index in [-0.39, 0.29) is 38.2 Å². The first-order valence-corrected chi connectivity index (χ1v) is 36.8. The number of hydrogen-bond acceptors (Lipinski definition) is 7. The number of allylic oxidation sites excluding steroid dienone is 14. The second-order valence-corrected chi connectivity index (χ2v) is 25.9. The second-order valence-electron chi connectivity index (χ2n) is 25.9. The van der Waals surface area contributed by atoms with Crippen LogP contribution in [0.4, 0.5) is 0 Å². The Kier molecular flexibility index (Phi) is 65.6. The Morgan fingerprint density at radius 2 is 0.655 bits per heavy atom. The summed E-state index contributed by atoms with van der Waals surface area (Å²) >= 11 is 0. The zero-order valence-corrected chi connectivity index (χ0v) is 57.7. The molecule has 0 amide bonds. The fourth-order valence-electron chi connectivity index (χ4n) is 10.5. The molecule has 0 saturated carbocycles. The van der Waals surface area contributed by atoms with E-state index in [4.69, 9.17) is 18.9 Å². The average molecular weight is 1220 g/mol. The Morgan fingerprint density at radius 1 is 0.356 bits per heavy atom. The van der Waals surface area contributed by atoms with Gasteiger partial charge in [0, 0.05) is 12.8 Å². The van der Waals surface area contributed by atoms with E-state index in [1.807, 2.05) is 21.1 Å². The lowest BCUT2D eigenvalue weighted by Gasteiger charge is -2.25. The lowest BCUT2D eigenvalue weighted by Crippen LogP contribution is -2.40. The van der Waals surface area contributed by atoms with Crippen LogP contribution < -0.4 is 0 Å². The maximum absolute atomic E-state index is 13.0. The van der Waals surface area contributed by atoms with Crippen molar-refractivity contribution in [1.82, 2.24) is 0 Å². The van der Waals surface area contributed by atoms with Crippen LogP contribution in [0.2, 0.25) is 0 Å². The summed E-state index contributed by atoms with van der Waals surface area (Å²) in [5.74, 6) is -1.99. The van der Waals surface area contributed by atoms with Crippen molar-refractivity contribution in [2.75, 3.05) is 47.5 Å². The first-order valence-electron chi connectivity index (χ1n) is 36.8. The minimum atomic E-state index is -1.51. The van der Waals surface area contributed by atoms with E-state index in [9.17, 15) is 19.5 Å². The molecule has 0 saturated heterocycles. The molecule has 504 valence electrons. The Bertz CT molecular complexity index is 1700. The minimum Gasteiger partial charge on any atom is -0.477 e. The molecular weight excluding hydrogens is 1080 g/mol. The molecule has 0 aliphatic heterocycles. The van der Waals surface area contributed by atoms with Crippen molar-refractivity contribution in [3.63, 3.8) is 0 Å². The van der Waals surface area contributed by atoms with Crippen molar-refractivity contribution in [1.29, 1.82) is 0 Å². The number of unbranched alkanes of at least 4 members (excludes halogenated alkanes) is 39. The van der Waals surface area contributed by atoms with Gasteiger partial charge in [0.15, 0.2) is 6.10 Å². The van der Waals surface area contributed by atoms with Gasteiger partial charge in [-0.15, -0.1) is 0 Å². The molecule has 87 heavy (non-hydrogen) atoms. The molecule has 0 aliphatic rings. The second kappa shape index (κ2) is 68.4. The Labute approximate surface area is 538 Å². The Morgan fingerprint density at radius 3 is 0.977 bits per heavy atom. The molecule has 2 unspecified atom stereocenters. The molecule has 9 nitrogen and oxygen atoms in total. The van der Waals surface area contributed by atoms with Crippen LogP contribution in [0.5, 0.6) is 0 Å². The van der Waals surface area contributed by atoms with Gasteiger partial charge in [0.1, 0.15) is 13.2 Å². The van der Waals surface area contributed by atoms with Gasteiger partial charge in [-0.25, -0.2) is 4.79 Å². The molecule has 0 heterocycles. The molecule has 2 atom stereocenters. The van der Waals surface area contributed by atoms with Gasteiger partial charge < -0.3 is 28.5 Å². The summed E-state index contributed by atoms with van der Waals surface area (Å²) in [5.41, 5.74) is 0. The maximum atomic E-state index is 13.0. The van der Waals surface area contributed by atoms with E-state index in [0.717, 1.165) is 77.0 Å². The van der Waals surface area contributed by atoms with E-state index < -0.39 is 18.4 Å². The molecule has 0 aromatic carbocycles. The molecule has 9 heteroatoms. The molecule has 0 aromatic rings. The predicted octanol–water partition coefficient (Wildman–Crippen LogP) is 23.0. The van der Waals surface area contributed by atoms with E-state index >= 15 is 0 Å². The lowest BCUT2D eigenvalue weighted by atomic mass is 10.0. The van der Waals surface area contributed by atoms with Crippen LogP contribution in [-0.2, 0) is 33.3 Å². The summed E-state index contributed by atoms with van der Waals surface area (Å²) in [6.07, 6.45) is 89.9. The predicted molar refractivity (Wildman–Crippen MR) is 373 cm³/mol. The molecule has 0 fully saturated rings. The van der Waals surface area contributed by atoms with Gasteiger partial charge >= 0.3 is 17.9 Å². The highest BCUT2D eigenvalue weighted by molar-refractivity contribution is 5.71. The number of carbonyl (C=O) groups excluding carboxylic acids is 2. The number of nitrogens with zero attached hydrogens (tertiary/aromatic N) is 1. The molecular formula is C78H140NO8+. The van der Waals surface area contributed by atoms with Gasteiger partial charge in [-0.05, 0) is 89.9 Å². The summed E-state index contributed by atoms with van der Waals surface area (Å²) in [6, 6.07) is 0. The average Bonchev–Trinajstić information content (AvgIpc) is 3.56. The van der Waals surface area contributed by atoms with Crippen LogP contribution in [0.25, 0.3) is 0 Å². The van der Waals surface area contributed by atoms with E-state index in [0.29, 0.717) is 17.4 Å². The SMILES string of the molecule is CC/C=C\C/C=C\C/C=C\C/C=C\CCCCCCCCCCCCCCCCCCCCCCCCC(=O)OC(COC(=O)CCCCCCCCCCCCCC/C=C\C/C=C\C/C=C\CCCCCCC)COC(OCC[N+](C)(C)C)C(=O)O. The summed E-state index contributed by atoms with van der Waals surface area (Å²) < 4.78 is 23.0. The highest BCUT2D eigenvalue weighted by Gasteiger charge is 2.25. The standard InChI is InChI=1S/C78H139NO8/c1-6-8-10-12-14-16-18-20-22-24-26-28-30-32-34-35-36-37-38-39-40-41-43-45-47-49-51-53-55-57-59-61-63-65-67-69-76(81)87-74(73-86-78(77(82)83)84-71-70-79(3,4)5)72-85-75(80)68-66-64-62-60-58-56-54-52-50-48-46-44-42-33-31-29-27-25-23-21-19-17-15-13-11-9-7-2/h8,10,14,16,19-22,25-28,31,33,74,78H,6-7,9,11-13,15,17-18,23-24,29-30,32,34-73H2,1-5H3/p+1/b10-8-,16-14-,21-19-,22-20-,27-25-,28-26-,33-31-. The van der Waals surface area contributed by atoms with Gasteiger partial charge in [-0.3, -0.25) is 9.59 Å². The third-order valence-electron chi connectivity index (χ3n) is 16.1. The Hall–Kier alpha value is -3.53. The number of ether oxygens (including phenoxy) is 4. The van der Waals surface area contributed by atoms with Crippen LogP contribution in [-0.4, -0.2) is 87.4 Å². The highest BCUT2D eigenvalue weighted by atomic mass is 16.7. The largest absolute Gasteiger partial charge is 0.477 e. The summed E-state index contributed by atoms with van der Waals surface area (Å²) in [5, 5.41) is 9.76. The first kappa shape index (κ1) is 83.5. The quantitative estimate of drug-likeness (QED) is 0.0211. The lowest BCUT2D eigenvalue weighted by molar-refractivity contribution is -0.870. The van der Waals surface area contributed by atoms with Crippen molar-refractivity contribution in [2.24, 2.45) is 0 Å². The van der Waals surface area contributed by atoms with Gasteiger partial charge in [-0.2, -0.15) is 0 Å². The van der Waals surface area contributed by atoms with Crippen molar-refractivity contribution < 1.29 is 42.9 Å². The van der Waals surface area contributed by atoms with Gasteiger partial charge in [-0.1, -0.05) is 317 Å². The van der Waals surface area contributed by atoms with Crippen LogP contribution >= 0.6 is 0 Å². The number of carbonyl (C=O) groups is 3. The number of carboxylic acids is 1. The third-order valence-corrected chi connectivity index (χ3v) is 16.1. The zero-order valence-electron chi connectivity index (χ0n) is 57.7. The fraction of sp³-hybridized carbons (Fsp3) is 0.782. The normalized spacial score (nSPS) is 13.2.